The zero-order chi connectivity index (χ0) is 23.9. The van der Waals surface area contributed by atoms with E-state index >= 15 is 8.78 Å². The highest BCUT2D eigenvalue weighted by atomic mass is 35.5. The second kappa shape index (κ2) is 8.78. The number of halogens is 3. The van der Waals surface area contributed by atoms with Crippen LogP contribution in [0.4, 0.5) is 8.78 Å². The molecule has 2 atom stereocenters. The fraction of sp³-hybridized carbons (Fsp3) is 0.360. The first-order chi connectivity index (χ1) is 15.6. The van der Waals surface area contributed by atoms with Crippen molar-refractivity contribution in [2.75, 3.05) is 0 Å². The molecule has 0 aliphatic heterocycles. The molecule has 4 rings (SSSR count). The van der Waals surface area contributed by atoms with Crippen LogP contribution in [0.3, 0.4) is 0 Å². The molecule has 0 radical (unpaired) electrons. The van der Waals surface area contributed by atoms with Crippen molar-refractivity contribution in [2.24, 2.45) is 11.7 Å². The Morgan fingerprint density at radius 1 is 1.33 bits per heavy atom. The maximum atomic E-state index is 15.5. The third-order valence-corrected chi connectivity index (χ3v) is 6.89. The molecule has 0 bridgehead atoms. The summed E-state index contributed by atoms with van der Waals surface area (Å²) < 4.78 is 30.6. The Balaban J connectivity index is 2.01. The minimum absolute atomic E-state index is 0.000449. The molecule has 0 saturated carbocycles. The number of aldehydes is 1. The number of pyridine rings is 2. The lowest BCUT2D eigenvalue weighted by Crippen LogP contribution is -2.36. The van der Waals surface area contributed by atoms with Gasteiger partial charge in [-0.15, -0.1) is 0 Å². The number of carbonyl (C=O) groups excluding carboxylic acids is 2. The van der Waals surface area contributed by atoms with E-state index < -0.39 is 23.3 Å². The van der Waals surface area contributed by atoms with Crippen LogP contribution in [-0.4, -0.2) is 27.8 Å². The van der Waals surface area contributed by atoms with Gasteiger partial charge in [0.2, 0.25) is 5.91 Å². The Bertz CT molecular complexity index is 1250. The average Bonchev–Trinajstić information content (AvgIpc) is 2.77. The predicted molar refractivity (Wildman–Crippen MR) is 123 cm³/mol. The zero-order valence-electron chi connectivity index (χ0n) is 18.4. The molecule has 1 aliphatic rings. The minimum Gasteiger partial charge on any atom is -0.366 e. The van der Waals surface area contributed by atoms with Crippen molar-refractivity contribution >= 4 is 34.7 Å². The molecular formula is C25H24ClF2N3O2. The summed E-state index contributed by atoms with van der Waals surface area (Å²) in [7, 11) is 0. The number of aromatic nitrogens is 2. The minimum atomic E-state index is -1.40. The van der Waals surface area contributed by atoms with Gasteiger partial charge in [0.15, 0.2) is 0 Å². The largest absolute Gasteiger partial charge is 0.366 e. The van der Waals surface area contributed by atoms with Crippen LogP contribution in [0, 0.1) is 11.7 Å². The van der Waals surface area contributed by atoms with Crippen LogP contribution in [0.25, 0.3) is 10.9 Å². The number of hydrogen-bond acceptors (Lipinski definition) is 4. The number of primary amides is 1. The molecule has 0 fully saturated rings. The van der Waals surface area contributed by atoms with Gasteiger partial charge in [0.1, 0.15) is 28.4 Å². The highest BCUT2D eigenvalue weighted by molar-refractivity contribution is 6.29. The van der Waals surface area contributed by atoms with E-state index in [2.05, 4.69) is 9.97 Å². The summed E-state index contributed by atoms with van der Waals surface area (Å²) in [5.41, 5.74) is 6.56. The van der Waals surface area contributed by atoms with Crippen LogP contribution in [0.15, 0.2) is 30.5 Å². The number of fused-ring (bicyclic) bond motifs is 2. The lowest BCUT2D eigenvalue weighted by molar-refractivity contribution is -0.108. The maximum Gasteiger partial charge on any atom is 0.249 e. The van der Waals surface area contributed by atoms with Crippen molar-refractivity contribution in [3.8, 4) is 0 Å². The zero-order valence-corrected chi connectivity index (χ0v) is 19.1. The molecule has 33 heavy (non-hydrogen) atoms. The van der Waals surface area contributed by atoms with Gasteiger partial charge in [-0.25, -0.2) is 18.7 Å². The van der Waals surface area contributed by atoms with Crippen molar-refractivity contribution in [2.45, 2.75) is 51.1 Å². The molecule has 2 N–H and O–H groups in total. The Morgan fingerprint density at radius 3 is 2.70 bits per heavy atom. The van der Waals surface area contributed by atoms with Gasteiger partial charge in [0.05, 0.1) is 0 Å². The number of nitrogens with zero attached hydrogens (tertiary/aromatic N) is 2. The van der Waals surface area contributed by atoms with Gasteiger partial charge >= 0.3 is 0 Å². The van der Waals surface area contributed by atoms with E-state index in [1.165, 1.54) is 6.20 Å². The van der Waals surface area contributed by atoms with E-state index in [-0.39, 0.29) is 35.0 Å². The number of hydrogen-bond donors (Lipinski definition) is 1. The van der Waals surface area contributed by atoms with Gasteiger partial charge in [0.25, 0.3) is 0 Å². The number of benzene rings is 1. The summed E-state index contributed by atoms with van der Waals surface area (Å²) >= 11 is 5.92. The smallest absolute Gasteiger partial charge is 0.249 e. The first kappa shape index (κ1) is 23.2. The molecule has 0 spiro atoms. The van der Waals surface area contributed by atoms with Crippen molar-refractivity contribution in [1.82, 2.24) is 9.97 Å². The summed E-state index contributed by atoms with van der Waals surface area (Å²) in [5, 5.41) is 0.615. The van der Waals surface area contributed by atoms with Crippen molar-refractivity contribution < 1.29 is 18.4 Å². The van der Waals surface area contributed by atoms with Crippen LogP contribution < -0.4 is 5.73 Å². The second-order valence-electron chi connectivity index (χ2n) is 8.91. The summed E-state index contributed by atoms with van der Waals surface area (Å²) in [4.78, 5) is 32.6. The van der Waals surface area contributed by atoms with Gasteiger partial charge in [-0.2, -0.15) is 0 Å². The number of amides is 1. The summed E-state index contributed by atoms with van der Waals surface area (Å²) in [6.45, 7) is 3.67. The Morgan fingerprint density at radius 2 is 2.09 bits per heavy atom. The lowest BCUT2D eigenvalue weighted by atomic mass is 9.76. The Kier molecular flexibility index (Phi) is 6.18. The molecule has 0 saturated heterocycles. The first-order valence-corrected chi connectivity index (χ1v) is 11.2. The molecule has 3 aromatic rings. The summed E-state index contributed by atoms with van der Waals surface area (Å²) in [5.74, 6) is -2.35. The fourth-order valence-corrected chi connectivity index (χ4v) is 4.79. The van der Waals surface area contributed by atoms with E-state index in [4.69, 9.17) is 17.3 Å². The number of alkyl halides is 1. The molecule has 172 valence electrons. The van der Waals surface area contributed by atoms with Gasteiger partial charge in [-0.3, -0.25) is 4.79 Å². The fourth-order valence-electron chi connectivity index (χ4n) is 4.68. The second-order valence-corrected chi connectivity index (χ2v) is 9.30. The standard InChI is InChI=1S/C25H24ClF2N3O2/c1-13(2)25(28)7-5-20-15(11-25)9-17-22(18(24(29)33)10-19(27)23(17)31-20)16(6-8-32)14-3-4-21(26)30-12-14/h3-4,8-10,12-13,16H,5-7,11H2,1-2H3,(H2,29,33)/t16-,25?/m0/s1. The predicted octanol–water partition coefficient (Wildman–Crippen LogP) is 5.10. The third-order valence-electron chi connectivity index (χ3n) is 6.66. The van der Waals surface area contributed by atoms with Crippen LogP contribution in [0.5, 0.6) is 0 Å². The van der Waals surface area contributed by atoms with Crippen LogP contribution in [0.1, 0.15) is 65.3 Å². The highest BCUT2D eigenvalue weighted by Crippen LogP contribution is 2.41. The number of nitrogens with two attached hydrogens (primary N) is 1. The molecule has 1 amide bonds. The van der Waals surface area contributed by atoms with Crippen molar-refractivity contribution in [1.29, 1.82) is 0 Å². The van der Waals surface area contributed by atoms with E-state index in [0.29, 0.717) is 40.6 Å². The van der Waals surface area contributed by atoms with E-state index in [9.17, 15) is 9.59 Å². The van der Waals surface area contributed by atoms with Crippen LogP contribution in [0.2, 0.25) is 5.15 Å². The summed E-state index contributed by atoms with van der Waals surface area (Å²) in [6, 6.07) is 6.04. The van der Waals surface area contributed by atoms with Gasteiger partial charge in [0, 0.05) is 41.6 Å². The molecule has 1 aromatic carbocycles. The topological polar surface area (TPSA) is 85.9 Å². The monoisotopic (exact) mass is 471 g/mol. The normalized spacial score (nSPS) is 18.8. The van der Waals surface area contributed by atoms with Gasteiger partial charge in [-0.1, -0.05) is 31.5 Å². The van der Waals surface area contributed by atoms with E-state index in [1.807, 2.05) is 13.8 Å². The summed E-state index contributed by atoms with van der Waals surface area (Å²) in [6.07, 6.45) is 3.08. The van der Waals surface area contributed by atoms with Crippen LogP contribution in [-0.2, 0) is 17.6 Å². The lowest BCUT2D eigenvalue weighted by Gasteiger charge is -2.34. The van der Waals surface area contributed by atoms with E-state index in [1.54, 1.807) is 18.2 Å². The van der Waals surface area contributed by atoms with Gasteiger partial charge in [-0.05, 0) is 53.6 Å². The maximum absolute atomic E-state index is 15.5. The van der Waals surface area contributed by atoms with Crippen molar-refractivity contribution in [3.05, 3.63) is 69.4 Å². The van der Waals surface area contributed by atoms with Gasteiger partial charge < -0.3 is 10.5 Å². The quantitative estimate of drug-likeness (QED) is 0.400. The number of rotatable bonds is 6. The third kappa shape index (κ3) is 4.22. The first-order valence-electron chi connectivity index (χ1n) is 10.8. The molecule has 2 aromatic heterocycles. The molecule has 5 nitrogen and oxygen atoms in total. The molecular weight excluding hydrogens is 448 g/mol. The SMILES string of the molecule is CC(C)C1(F)CCc2nc3c(F)cc(C(N)=O)c([C@@H](CC=O)c4ccc(Cl)nc4)c3cc2C1. The van der Waals surface area contributed by atoms with Crippen molar-refractivity contribution in [3.63, 3.8) is 0 Å². The molecule has 1 aliphatic carbocycles. The van der Waals surface area contributed by atoms with Crippen LogP contribution >= 0.6 is 11.6 Å². The molecule has 2 heterocycles. The highest BCUT2D eigenvalue weighted by Gasteiger charge is 2.38. The Labute approximate surface area is 195 Å². The number of carbonyl (C=O) groups is 2. The average molecular weight is 472 g/mol. The molecule has 1 unspecified atom stereocenters. The number of aryl methyl sites for hydroxylation is 1. The molecule has 8 heteroatoms. The Hall–Kier alpha value is -2.93. The van der Waals surface area contributed by atoms with E-state index in [0.717, 1.165) is 12.4 Å².